The van der Waals surface area contributed by atoms with Crippen LogP contribution in [0.25, 0.3) is 11.1 Å². The lowest BCUT2D eigenvalue weighted by molar-refractivity contribution is -0.141. The molecule has 39 heavy (non-hydrogen) atoms. The molecule has 4 heterocycles. The zero-order valence-electron chi connectivity index (χ0n) is 20.6. The molecule has 0 unspecified atom stereocenters. The van der Waals surface area contributed by atoms with Gasteiger partial charge in [0.1, 0.15) is 18.2 Å². The number of aromatic nitrogens is 8. The minimum absolute atomic E-state index is 0. The summed E-state index contributed by atoms with van der Waals surface area (Å²) in [4.78, 5) is 8.44. The van der Waals surface area contributed by atoms with Crippen molar-refractivity contribution in [2.45, 2.75) is 44.6 Å². The summed E-state index contributed by atoms with van der Waals surface area (Å²) < 4.78 is 49.9. The number of alkyl halides is 3. The first-order chi connectivity index (χ1) is 18.3. The Labute approximate surface area is 232 Å². The smallest absolute Gasteiger partial charge is 0.437 e. The number of hydrogen-bond donors (Lipinski definition) is 2. The lowest BCUT2D eigenvalue weighted by Crippen LogP contribution is -2.29. The van der Waals surface area contributed by atoms with E-state index >= 15 is 0 Å². The molecule has 1 aliphatic heterocycles. The molecule has 1 aromatic carbocycles. The highest BCUT2D eigenvalue weighted by atomic mass is 35.5. The number of benzene rings is 1. The van der Waals surface area contributed by atoms with Gasteiger partial charge in [-0.1, -0.05) is 17.7 Å². The van der Waals surface area contributed by atoms with Crippen molar-refractivity contribution in [2.24, 2.45) is 0 Å². The van der Waals surface area contributed by atoms with Crippen LogP contribution in [0.4, 0.5) is 24.8 Å². The fourth-order valence-electron chi connectivity index (χ4n) is 4.17. The second-order valence-corrected chi connectivity index (χ2v) is 9.28. The fourth-order valence-corrected chi connectivity index (χ4v) is 4.33. The molecule has 5 rings (SSSR count). The van der Waals surface area contributed by atoms with E-state index in [1.165, 1.54) is 29.6 Å². The van der Waals surface area contributed by atoms with Crippen molar-refractivity contribution >= 4 is 35.6 Å². The largest absolute Gasteiger partial charge is 0.487 e. The van der Waals surface area contributed by atoms with Gasteiger partial charge in [-0.05, 0) is 61.0 Å². The van der Waals surface area contributed by atoms with Crippen molar-refractivity contribution in [3.8, 4) is 16.9 Å². The van der Waals surface area contributed by atoms with Crippen LogP contribution in [0.5, 0.6) is 5.75 Å². The van der Waals surface area contributed by atoms with Gasteiger partial charge in [-0.25, -0.2) is 14.6 Å². The summed E-state index contributed by atoms with van der Waals surface area (Å²) in [6.45, 7) is 3.74. The highest BCUT2D eigenvalue weighted by molar-refractivity contribution is 6.32. The number of halogens is 5. The van der Waals surface area contributed by atoms with Crippen LogP contribution in [0, 0.1) is 0 Å². The van der Waals surface area contributed by atoms with E-state index in [-0.39, 0.29) is 36.2 Å². The predicted octanol–water partition coefficient (Wildman–Crippen LogP) is 4.56. The Balaban J connectivity index is 0.00000353. The highest BCUT2D eigenvalue weighted by Gasteiger charge is 2.38. The van der Waals surface area contributed by atoms with Gasteiger partial charge < -0.3 is 15.4 Å². The van der Waals surface area contributed by atoms with Gasteiger partial charge in [0.2, 0.25) is 5.95 Å². The van der Waals surface area contributed by atoms with Crippen molar-refractivity contribution < 1.29 is 17.9 Å². The normalized spacial score (nSPS) is 15.0. The van der Waals surface area contributed by atoms with Gasteiger partial charge >= 0.3 is 6.18 Å². The zero-order chi connectivity index (χ0) is 26.7. The maximum Gasteiger partial charge on any atom is 0.437 e. The fraction of sp³-hybridized carbons (Fsp3) is 0.391. The number of hydrogen-bond acceptors (Lipinski definition) is 9. The Morgan fingerprint density at radius 3 is 2.59 bits per heavy atom. The van der Waals surface area contributed by atoms with Gasteiger partial charge in [-0.2, -0.15) is 18.3 Å². The summed E-state index contributed by atoms with van der Waals surface area (Å²) in [5, 5.41) is 21.1. The van der Waals surface area contributed by atoms with E-state index in [2.05, 4.69) is 41.2 Å². The zero-order valence-corrected chi connectivity index (χ0v) is 22.2. The molecule has 1 saturated heterocycles. The summed E-state index contributed by atoms with van der Waals surface area (Å²) in [5.41, 5.74) is 0.161. The number of nitrogens with one attached hydrogen (secondary N) is 2. The van der Waals surface area contributed by atoms with Crippen LogP contribution in [0.15, 0.2) is 43.1 Å². The van der Waals surface area contributed by atoms with Crippen LogP contribution < -0.4 is 15.4 Å². The quantitative estimate of drug-likeness (QED) is 0.307. The molecular weight excluding hydrogens is 560 g/mol. The minimum Gasteiger partial charge on any atom is -0.487 e. The maximum absolute atomic E-state index is 13.7. The third-order valence-electron chi connectivity index (χ3n) is 6.01. The molecule has 1 fully saturated rings. The molecular formula is C23H25Cl2F3N10O. The molecule has 0 bridgehead atoms. The first kappa shape index (κ1) is 28.5. The molecule has 0 saturated carbocycles. The summed E-state index contributed by atoms with van der Waals surface area (Å²) in [6, 6.07) is 5.10. The molecule has 2 N–H and O–H groups in total. The van der Waals surface area contributed by atoms with Crippen LogP contribution in [0.3, 0.4) is 0 Å². The van der Waals surface area contributed by atoms with Crippen LogP contribution in [-0.2, 0) is 12.7 Å². The maximum atomic E-state index is 13.7. The number of tetrazole rings is 1. The molecule has 0 radical (unpaired) electrons. The first-order valence-corrected chi connectivity index (χ1v) is 12.3. The second kappa shape index (κ2) is 12.1. The van der Waals surface area contributed by atoms with Gasteiger partial charge in [-0.3, -0.25) is 4.68 Å². The summed E-state index contributed by atoms with van der Waals surface area (Å²) >= 11 is 6.32. The number of ether oxygens (including phenoxy) is 1. The molecule has 0 spiro atoms. The predicted molar refractivity (Wildman–Crippen MR) is 139 cm³/mol. The minimum atomic E-state index is -4.62. The van der Waals surface area contributed by atoms with Crippen LogP contribution in [0.2, 0.25) is 5.02 Å². The van der Waals surface area contributed by atoms with E-state index in [1.807, 2.05) is 6.92 Å². The van der Waals surface area contributed by atoms with E-state index in [0.29, 0.717) is 35.7 Å². The number of rotatable bonds is 8. The topological polar surface area (TPSA) is 120 Å². The lowest BCUT2D eigenvalue weighted by atomic mass is 10.1. The molecule has 1 aliphatic rings. The van der Waals surface area contributed by atoms with Crippen LogP contribution in [-0.4, -0.2) is 59.1 Å². The average molecular weight is 585 g/mol. The third-order valence-corrected chi connectivity index (χ3v) is 6.32. The highest BCUT2D eigenvalue weighted by Crippen LogP contribution is 2.36. The number of piperidine rings is 1. The Morgan fingerprint density at radius 1 is 1.18 bits per heavy atom. The Morgan fingerprint density at radius 2 is 1.92 bits per heavy atom. The standard InChI is InChI=1S/C23H24ClF3N10O.ClH/c1-14(11-36-13-31-34-35-36)38-20-8-15(2-3-18(20)24)16-9-29-22(30-10-16)32-19-12-37(17-4-6-28-7-5-17)33-21(19)23(25,26)27;/h2-3,8-10,12-14,17,28H,4-7,11H2,1H3,(H,29,30,32);1H/t14-;/m0./s1. The average Bonchev–Trinajstić information content (AvgIpc) is 3.56. The van der Waals surface area contributed by atoms with E-state index in [1.54, 1.807) is 22.9 Å². The van der Waals surface area contributed by atoms with Gasteiger partial charge in [-0.15, -0.1) is 17.5 Å². The SMILES string of the molecule is C[C@@H](Cn1cnnn1)Oc1cc(-c2cnc(Nc3cn(C4CCNCC4)nc3C(F)(F)F)nc2)ccc1Cl.Cl. The summed E-state index contributed by atoms with van der Waals surface area (Å²) in [5.74, 6) is 0.469. The molecule has 0 amide bonds. The third kappa shape index (κ3) is 6.94. The van der Waals surface area contributed by atoms with Crippen molar-refractivity contribution in [2.75, 3.05) is 18.4 Å². The molecule has 0 aliphatic carbocycles. The molecule has 4 aromatic rings. The van der Waals surface area contributed by atoms with Gasteiger partial charge in [0.25, 0.3) is 0 Å². The van der Waals surface area contributed by atoms with Crippen LogP contribution >= 0.6 is 24.0 Å². The first-order valence-electron chi connectivity index (χ1n) is 11.9. The van der Waals surface area contributed by atoms with Gasteiger partial charge in [0.05, 0.1) is 23.3 Å². The lowest BCUT2D eigenvalue weighted by Gasteiger charge is -2.22. The monoisotopic (exact) mass is 584 g/mol. The van der Waals surface area contributed by atoms with Crippen molar-refractivity contribution in [3.63, 3.8) is 0 Å². The summed E-state index contributed by atoms with van der Waals surface area (Å²) in [7, 11) is 0. The van der Waals surface area contributed by atoms with Gasteiger partial charge in [0, 0.05) is 24.2 Å². The Bertz CT molecular complexity index is 1360. The number of nitrogens with zero attached hydrogens (tertiary/aromatic N) is 8. The van der Waals surface area contributed by atoms with Crippen molar-refractivity contribution in [1.29, 1.82) is 0 Å². The van der Waals surface area contributed by atoms with E-state index in [4.69, 9.17) is 16.3 Å². The van der Waals surface area contributed by atoms with Crippen molar-refractivity contribution in [3.05, 3.63) is 53.8 Å². The van der Waals surface area contributed by atoms with E-state index in [9.17, 15) is 13.2 Å². The number of anilines is 2. The summed E-state index contributed by atoms with van der Waals surface area (Å²) in [6.07, 6.45) is 2.38. The molecule has 208 valence electrons. The molecule has 16 heteroatoms. The molecule has 1 atom stereocenters. The van der Waals surface area contributed by atoms with Crippen LogP contribution in [0.1, 0.15) is 31.5 Å². The second-order valence-electron chi connectivity index (χ2n) is 8.88. The van der Waals surface area contributed by atoms with E-state index in [0.717, 1.165) is 18.7 Å². The molecule has 11 nitrogen and oxygen atoms in total. The molecule has 3 aromatic heterocycles. The Kier molecular flexibility index (Phi) is 8.87. The Hall–Kier alpha value is -3.49. The van der Waals surface area contributed by atoms with E-state index < -0.39 is 11.9 Å². The van der Waals surface area contributed by atoms with Crippen molar-refractivity contribution in [1.82, 2.24) is 45.3 Å². The van der Waals surface area contributed by atoms with Gasteiger partial charge in [0.15, 0.2) is 5.69 Å².